The van der Waals surface area contributed by atoms with E-state index in [9.17, 15) is 4.79 Å². The van der Waals surface area contributed by atoms with Gasteiger partial charge in [-0.3, -0.25) is 4.79 Å². The predicted octanol–water partition coefficient (Wildman–Crippen LogP) is 4.10. The van der Waals surface area contributed by atoms with E-state index < -0.39 is 14.4 Å². The Bertz CT molecular complexity index is 543. The lowest BCUT2D eigenvalue weighted by molar-refractivity contribution is -0.129. The molecule has 0 saturated carbocycles. The molecule has 0 aromatic heterocycles. The van der Waals surface area contributed by atoms with Crippen LogP contribution in [0.25, 0.3) is 0 Å². The van der Waals surface area contributed by atoms with Crippen molar-refractivity contribution >= 4 is 14.1 Å². The van der Waals surface area contributed by atoms with Crippen LogP contribution in [0, 0.1) is 0 Å². The quantitative estimate of drug-likeness (QED) is 0.767. The zero-order valence-electron chi connectivity index (χ0n) is 14.1. The monoisotopic (exact) mass is 318 g/mol. The third-order valence-corrected chi connectivity index (χ3v) is 9.01. The smallest absolute Gasteiger partial charge is 0.193 e. The molecule has 22 heavy (non-hydrogen) atoms. The number of hydrogen-bond acceptors (Lipinski definition) is 3. The molecule has 0 unspecified atom stereocenters. The summed E-state index contributed by atoms with van der Waals surface area (Å²) in [6, 6.07) is 9.90. The maximum Gasteiger partial charge on any atom is 0.193 e. The van der Waals surface area contributed by atoms with Crippen molar-refractivity contribution in [2.24, 2.45) is 0 Å². The van der Waals surface area contributed by atoms with Gasteiger partial charge < -0.3 is 9.16 Å². The highest BCUT2D eigenvalue weighted by atomic mass is 28.4. The van der Waals surface area contributed by atoms with Crippen LogP contribution >= 0.6 is 0 Å². The summed E-state index contributed by atoms with van der Waals surface area (Å²) in [7, 11) is -1.93. The standard InChI is InChI=1S/C18H26O3Si/c1-18(2,3)22(4,5)21-16-12-11-15(19)17(16)20-13-14-9-7-6-8-10-14/h6-12,16-17H,13H2,1-5H3/t16-,17-/m0/s1. The van der Waals surface area contributed by atoms with Gasteiger partial charge in [0.1, 0.15) is 6.10 Å². The molecule has 0 bridgehead atoms. The fraction of sp³-hybridized carbons (Fsp3) is 0.500. The number of ketones is 1. The van der Waals surface area contributed by atoms with E-state index in [0.717, 1.165) is 5.56 Å². The normalized spacial score (nSPS) is 22.3. The van der Waals surface area contributed by atoms with E-state index in [4.69, 9.17) is 9.16 Å². The van der Waals surface area contributed by atoms with Crippen LogP contribution in [-0.2, 0) is 20.6 Å². The molecule has 1 aromatic rings. The van der Waals surface area contributed by atoms with Crippen molar-refractivity contribution in [1.82, 2.24) is 0 Å². The number of rotatable bonds is 5. The maximum atomic E-state index is 12.1. The van der Waals surface area contributed by atoms with Crippen molar-refractivity contribution in [3.63, 3.8) is 0 Å². The first-order valence-corrected chi connectivity index (χ1v) is 10.7. The molecule has 120 valence electrons. The Kier molecular flexibility index (Phi) is 5.05. The van der Waals surface area contributed by atoms with Crippen molar-refractivity contribution < 1.29 is 14.0 Å². The van der Waals surface area contributed by atoms with Gasteiger partial charge in [0.25, 0.3) is 0 Å². The Morgan fingerprint density at radius 3 is 2.36 bits per heavy atom. The number of ether oxygens (including phenoxy) is 1. The summed E-state index contributed by atoms with van der Waals surface area (Å²) in [5.74, 6) is -0.000333. The van der Waals surface area contributed by atoms with Crippen LogP contribution in [0.5, 0.6) is 0 Å². The van der Waals surface area contributed by atoms with Crippen molar-refractivity contribution in [3.8, 4) is 0 Å². The van der Waals surface area contributed by atoms with Gasteiger partial charge in [0.2, 0.25) is 0 Å². The lowest BCUT2D eigenvalue weighted by atomic mass is 10.2. The van der Waals surface area contributed by atoms with Crippen LogP contribution in [-0.4, -0.2) is 26.3 Å². The minimum absolute atomic E-state index is 0.000333. The SMILES string of the molecule is CC(C)(C)[Si](C)(C)O[C@H]1C=CC(=O)[C@@H]1OCc1ccccc1. The van der Waals surface area contributed by atoms with E-state index in [-0.39, 0.29) is 16.9 Å². The molecule has 0 aliphatic heterocycles. The van der Waals surface area contributed by atoms with Crippen molar-refractivity contribution in [2.45, 2.75) is 57.7 Å². The Balaban J connectivity index is 2.02. The van der Waals surface area contributed by atoms with Crippen LogP contribution < -0.4 is 0 Å². The highest BCUT2D eigenvalue weighted by Crippen LogP contribution is 2.38. The predicted molar refractivity (Wildman–Crippen MR) is 91.2 cm³/mol. The van der Waals surface area contributed by atoms with E-state index in [2.05, 4.69) is 33.9 Å². The largest absolute Gasteiger partial charge is 0.407 e. The van der Waals surface area contributed by atoms with Crippen LogP contribution in [0.3, 0.4) is 0 Å². The average Bonchev–Trinajstić information content (AvgIpc) is 2.76. The summed E-state index contributed by atoms with van der Waals surface area (Å²) in [6.45, 7) is 11.4. The molecule has 0 radical (unpaired) electrons. The first-order valence-electron chi connectivity index (χ1n) is 7.76. The second-order valence-corrected chi connectivity index (χ2v) is 12.1. The van der Waals surface area contributed by atoms with Gasteiger partial charge in [0, 0.05) is 0 Å². The Morgan fingerprint density at radius 1 is 1.14 bits per heavy atom. The van der Waals surface area contributed by atoms with Gasteiger partial charge in [-0.05, 0) is 29.8 Å². The molecule has 0 N–H and O–H groups in total. The second-order valence-electron chi connectivity index (χ2n) is 7.32. The third-order valence-electron chi connectivity index (χ3n) is 4.54. The minimum atomic E-state index is -1.93. The summed E-state index contributed by atoms with van der Waals surface area (Å²) in [5, 5.41) is 0.108. The van der Waals surface area contributed by atoms with Gasteiger partial charge >= 0.3 is 0 Å². The van der Waals surface area contributed by atoms with E-state index in [0.29, 0.717) is 6.61 Å². The zero-order valence-corrected chi connectivity index (χ0v) is 15.1. The van der Waals surface area contributed by atoms with Crippen LogP contribution in [0.4, 0.5) is 0 Å². The number of carbonyl (C=O) groups excluding carboxylic acids is 1. The summed E-state index contributed by atoms with van der Waals surface area (Å²) in [4.78, 5) is 12.1. The fourth-order valence-electron chi connectivity index (χ4n) is 2.10. The second kappa shape index (κ2) is 6.48. The van der Waals surface area contributed by atoms with E-state index in [1.165, 1.54) is 0 Å². The summed E-state index contributed by atoms with van der Waals surface area (Å²) in [5.41, 5.74) is 1.06. The highest BCUT2D eigenvalue weighted by molar-refractivity contribution is 6.74. The van der Waals surface area contributed by atoms with E-state index >= 15 is 0 Å². The van der Waals surface area contributed by atoms with Gasteiger partial charge in [-0.1, -0.05) is 57.2 Å². The average molecular weight is 318 g/mol. The molecule has 1 aliphatic carbocycles. The van der Waals surface area contributed by atoms with Crippen LogP contribution in [0.2, 0.25) is 18.1 Å². The molecule has 0 heterocycles. The molecule has 2 rings (SSSR count). The topological polar surface area (TPSA) is 35.5 Å². The molecule has 0 spiro atoms. The Morgan fingerprint density at radius 2 is 1.77 bits per heavy atom. The van der Waals surface area contributed by atoms with Crippen molar-refractivity contribution in [3.05, 3.63) is 48.0 Å². The first-order chi connectivity index (χ1) is 10.2. The summed E-state index contributed by atoms with van der Waals surface area (Å²) in [6.07, 6.45) is 2.65. The zero-order chi connectivity index (χ0) is 16.4. The van der Waals surface area contributed by atoms with Gasteiger partial charge in [-0.2, -0.15) is 0 Å². The lowest BCUT2D eigenvalue weighted by Crippen LogP contribution is -2.47. The molecule has 2 atom stereocenters. The van der Waals surface area contributed by atoms with Crippen molar-refractivity contribution in [1.29, 1.82) is 0 Å². The molecular formula is C18H26O3Si. The molecule has 1 aliphatic rings. The number of hydrogen-bond donors (Lipinski definition) is 0. The molecule has 0 amide bonds. The Labute approximate surface area is 134 Å². The molecule has 3 nitrogen and oxygen atoms in total. The molecule has 4 heteroatoms. The molecular weight excluding hydrogens is 292 g/mol. The first kappa shape index (κ1) is 17.1. The van der Waals surface area contributed by atoms with Crippen molar-refractivity contribution in [2.75, 3.05) is 0 Å². The Hall–Kier alpha value is -1.23. The van der Waals surface area contributed by atoms with Gasteiger partial charge in [-0.25, -0.2) is 0 Å². The molecule has 1 aromatic carbocycles. The summed E-state index contributed by atoms with van der Waals surface area (Å²) >= 11 is 0. The van der Waals surface area contributed by atoms with Gasteiger partial charge in [0.05, 0.1) is 12.7 Å². The fourth-order valence-corrected chi connectivity index (χ4v) is 3.34. The lowest BCUT2D eigenvalue weighted by Gasteiger charge is -2.39. The van der Waals surface area contributed by atoms with Gasteiger partial charge in [0.15, 0.2) is 14.1 Å². The van der Waals surface area contributed by atoms with Gasteiger partial charge in [-0.15, -0.1) is 0 Å². The van der Waals surface area contributed by atoms with Crippen LogP contribution in [0.1, 0.15) is 26.3 Å². The minimum Gasteiger partial charge on any atom is -0.407 e. The third kappa shape index (κ3) is 3.94. The molecule has 0 saturated heterocycles. The number of carbonyl (C=O) groups is 1. The maximum absolute atomic E-state index is 12.1. The van der Waals surface area contributed by atoms with Crippen LogP contribution in [0.15, 0.2) is 42.5 Å². The summed E-state index contributed by atoms with van der Waals surface area (Å²) < 4.78 is 12.2. The van der Waals surface area contributed by atoms with E-state index in [1.807, 2.05) is 36.4 Å². The number of benzene rings is 1. The molecule has 0 fully saturated rings. The highest BCUT2D eigenvalue weighted by Gasteiger charge is 2.43. The van der Waals surface area contributed by atoms with E-state index in [1.54, 1.807) is 6.08 Å².